The molecule has 0 bridgehead atoms. The maximum Gasteiger partial charge on any atom is 0.311 e. The van der Waals surface area contributed by atoms with Crippen LogP contribution in [-0.2, 0) is 14.4 Å². The molecule has 0 heterocycles. The van der Waals surface area contributed by atoms with Crippen molar-refractivity contribution in [3.05, 3.63) is 0 Å². The Morgan fingerprint density at radius 1 is 1.16 bits per heavy atom. The number of carboxylic acid groups (broad SMARTS) is 2. The number of carbonyl (C=O) groups excluding carboxylic acids is 1. The molecule has 0 aliphatic carbocycles. The summed E-state index contributed by atoms with van der Waals surface area (Å²) in [4.78, 5) is 33.4. The molecule has 19 heavy (non-hydrogen) atoms. The van der Waals surface area contributed by atoms with E-state index in [-0.39, 0.29) is 12.8 Å². The predicted molar refractivity (Wildman–Crippen MR) is 68.5 cm³/mol. The van der Waals surface area contributed by atoms with Crippen LogP contribution in [-0.4, -0.2) is 39.6 Å². The molecule has 0 spiro atoms. The van der Waals surface area contributed by atoms with Crippen molar-refractivity contribution in [1.29, 1.82) is 0 Å². The Balaban J connectivity index is 4.70. The second kappa shape index (κ2) is 6.01. The number of hydrogen-bond donors (Lipinski definition) is 4. The minimum Gasteiger partial charge on any atom is -0.481 e. The molecule has 0 aliphatic rings. The third-order valence-corrected chi connectivity index (χ3v) is 3.54. The van der Waals surface area contributed by atoms with Crippen molar-refractivity contribution in [2.45, 2.75) is 52.1 Å². The van der Waals surface area contributed by atoms with Crippen molar-refractivity contribution in [3.8, 4) is 0 Å². The van der Waals surface area contributed by atoms with Crippen LogP contribution in [0.15, 0.2) is 0 Å². The SMILES string of the molecule is CC(C)(NC(=O)C(N)CCC(=O)O)C(C)(C)C(=O)O. The van der Waals surface area contributed by atoms with Crippen LogP contribution in [0.25, 0.3) is 0 Å². The zero-order valence-electron chi connectivity index (χ0n) is 11.7. The van der Waals surface area contributed by atoms with Crippen LogP contribution in [0.3, 0.4) is 0 Å². The highest BCUT2D eigenvalue weighted by Gasteiger charge is 2.44. The van der Waals surface area contributed by atoms with Crippen molar-refractivity contribution < 1.29 is 24.6 Å². The Labute approximate surface area is 112 Å². The maximum atomic E-state index is 11.8. The summed E-state index contributed by atoms with van der Waals surface area (Å²) in [5, 5.41) is 20.2. The molecule has 0 saturated carbocycles. The van der Waals surface area contributed by atoms with Gasteiger partial charge >= 0.3 is 11.9 Å². The second-order valence-corrected chi connectivity index (χ2v) is 5.58. The van der Waals surface area contributed by atoms with Gasteiger partial charge in [-0.2, -0.15) is 0 Å². The molecule has 1 atom stereocenters. The first-order chi connectivity index (χ1) is 8.41. The third-order valence-electron chi connectivity index (χ3n) is 3.54. The molecule has 0 aliphatic heterocycles. The fraction of sp³-hybridized carbons (Fsp3) is 0.750. The van der Waals surface area contributed by atoms with E-state index in [4.69, 9.17) is 15.9 Å². The largest absolute Gasteiger partial charge is 0.481 e. The second-order valence-electron chi connectivity index (χ2n) is 5.58. The molecule has 0 aromatic rings. The third kappa shape index (κ3) is 4.51. The first-order valence-electron chi connectivity index (χ1n) is 5.94. The van der Waals surface area contributed by atoms with E-state index in [9.17, 15) is 14.4 Å². The van der Waals surface area contributed by atoms with E-state index in [2.05, 4.69) is 5.32 Å². The standard InChI is InChI=1S/C12H22N2O5/c1-11(2,10(18)19)12(3,4)14-9(17)7(13)5-6-8(15)16/h7H,5-6,13H2,1-4H3,(H,14,17)(H,15,16)(H,18,19). The summed E-state index contributed by atoms with van der Waals surface area (Å²) >= 11 is 0. The van der Waals surface area contributed by atoms with Gasteiger partial charge in [0.2, 0.25) is 5.91 Å². The van der Waals surface area contributed by atoms with Crippen LogP contribution in [0.2, 0.25) is 0 Å². The van der Waals surface area contributed by atoms with Crippen molar-refractivity contribution >= 4 is 17.8 Å². The number of nitrogens with two attached hydrogens (primary N) is 1. The fourth-order valence-corrected chi connectivity index (χ4v) is 1.23. The molecule has 1 amide bonds. The normalized spacial score (nSPS) is 13.7. The molecule has 0 radical (unpaired) electrons. The van der Waals surface area contributed by atoms with E-state index < -0.39 is 34.8 Å². The Hall–Kier alpha value is -1.63. The van der Waals surface area contributed by atoms with Gasteiger partial charge in [-0.3, -0.25) is 14.4 Å². The van der Waals surface area contributed by atoms with E-state index in [1.54, 1.807) is 13.8 Å². The monoisotopic (exact) mass is 274 g/mol. The zero-order chi connectivity index (χ0) is 15.4. The number of hydrogen-bond acceptors (Lipinski definition) is 4. The smallest absolute Gasteiger partial charge is 0.311 e. The predicted octanol–water partition coefficient (Wildman–Crippen LogP) is 0.184. The van der Waals surface area contributed by atoms with Crippen LogP contribution in [0, 0.1) is 5.41 Å². The van der Waals surface area contributed by atoms with Gasteiger partial charge in [-0.05, 0) is 34.1 Å². The molecule has 1 unspecified atom stereocenters. The van der Waals surface area contributed by atoms with Crippen LogP contribution in [0.1, 0.15) is 40.5 Å². The van der Waals surface area contributed by atoms with Crippen LogP contribution in [0.5, 0.6) is 0 Å². The number of aliphatic carboxylic acids is 2. The van der Waals surface area contributed by atoms with Gasteiger partial charge in [-0.1, -0.05) is 0 Å². The van der Waals surface area contributed by atoms with Crippen molar-refractivity contribution in [3.63, 3.8) is 0 Å². The topological polar surface area (TPSA) is 130 Å². The minimum atomic E-state index is -1.19. The molecular weight excluding hydrogens is 252 g/mol. The first kappa shape index (κ1) is 17.4. The molecule has 7 nitrogen and oxygen atoms in total. The molecule has 0 aromatic heterocycles. The molecule has 7 heteroatoms. The Morgan fingerprint density at radius 2 is 1.63 bits per heavy atom. The van der Waals surface area contributed by atoms with Gasteiger partial charge in [0.1, 0.15) is 0 Å². The lowest BCUT2D eigenvalue weighted by Crippen LogP contribution is -2.59. The zero-order valence-corrected chi connectivity index (χ0v) is 11.7. The van der Waals surface area contributed by atoms with Gasteiger partial charge in [0.05, 0.1) is 17.0 Å². The van der Waals surface area contributed by atoms with E-state index >= 15 is 0 Å². The highest BCUT2D eigenvalue weighted by molar-refractivity contribution is 5.84. The van der Waals surface area contributed by atoms with Gasteiger partial charge in [-0.15, -0.1) is 0 Å². The Kier molecular flexibility index (Phi) is 5.49. The van der Waals surface area contributed by atoms with Crippen molar-refractivity contribution in [2.24, 2.45) is 11.1 Å². The summed E-state index contributed by atoms with van der Waals surface area (Å²) in [6.45, 7) is 6.17. The average molecular weight is 274 g/mol. The number of nitrogens with one attached hydrogen (secondary N) is 1. The summed E-state index contributed by atoms with van der Waals surface area (Å²) in [5.41, 5.74) is 3.37. The summed E-state index contributed by atoms with van der Waals surface area (Å²) < 4.78 is 0. The summed E-state index contributed by atoms with van der Waals surface area (Å²) in [5.74, 6) is -2.63. The molecule has 0 saturated heterocycles. The molecule has 0 aromatic carbocycles. The maximum absolute atomic E-state index is 11.8. The summed E-state index contributed by atoms with van der Waals surface area (Å²) in [7, 11) is 0. The van der Waals surface area contributed by atoms with E-state index in [1.165, 1.54) is 13.8 Å². The van der Waals surface area contributed by atoms with Crippen molar-refractivity contribution in [2.75, 3.05) is 0 Å². The molecule has 5 N–H and O–H groups in total. The van der Waals surface area contributed by atoms with Crippen LogP contribution < -0.4 is 11.1 Å². The van der Waals surface area contributed by atoms with Crippen LogP contribution in [0.4, 0.5) is 0 Å². The lowest BCUT2D eigenvalue weighted by atomic mass is 9.74. The molecule has 0 fully saturated rings. The molecule has 0 rings (SSSR count). The first-order valence-corrected chi connectivity index (χ1v) is 5.94. The van der Waals surface area contributed by atoms with E-state index in [0.29, 0.717) is 0 Å². The van der Waals surface area contributed by atoms with Gasteiger partial charge in [0, 0.05) is 6.42 Å². The molecular formula is C12H22N2O5. The fourth-order valence-electron chi connectivity index (χ4n) is 1.23. The lowest BCUT2D eigenvalue weighted by Gasteiger charge is -2.39. The minimum absolute atomic E-state index is 0.00471. The van der Waals surface area contributed by atoms with E-state index in [1.807, 2.05) is 0 Å². The van der Waals surface area contributed by atoms with Gasteiger partial charge in [0.25, 0.3) is 0 Å². The average Bonchev–Trinajstić information content (AvgIpc) is 2.24. The highest BCUT2D eigenvalue weighted by Crippen LogP contribution is 2.30. The Morgan fingerprint density at radius 3 is 2.00 bits per heavy atom. The number of amides is 1. The Bertz CT molecular complexity index is 376. The number of carbonyl (C=O) groups is 3. The van der Waals surface area contributed by atoms with Crippen molar-refractivity contribution in [1.82, 2.24) is 5.32 Å². The van der Waals surface area contributed by atoms with Gasteiger partial charge < -0.3 is 21.3 Å². The number of rotatable bonds is 7. The van der Waals surface area contributed by atoms with Gasteiger partial charge in [-0.25, -0.2) is 0 Å². The highest BCUT2D eigenvalue weighted by atomic mass is 16.4. The summed E-state index contributed by atoms with van der Waals surface area (Å²) in [6.07, 6.45) is -0.206. The lowest BCUT2D eigenvalue weighted by molar-refractivity contribution is -0.151. The summed E-state index contributed by atoms with van der Waals surface area (Å²) in [6, 6.07) is -0.972. The molecule has 110 valence electrons. The van der Waals surface area contributed by atoms with Crippen LogP contribution >= 0.6 is 0 Å². The quantitative estimate of drug-likeness (QED) is 0.524. The van der Waals surface area contributed by atoms with E-state index in [0.717, 1.165) is 0 Å². The van der Waals surface area contributed by atoms with Gasteiger partial charge in [0.15, 0.2) is 0 Å². The number of carboxylic acids is 2.